The predicted octanol–water partition coefficient (Wildman–Crippen LogP) is 3.16. The summed E-state index contributed by atoms with van der Waals surface area (Å²) in [6, 6.07) is 9.69. The van der Waals surface area contributed by atoms with Crippen LogP contribution in [-0.4, -0.2) is 33.6 Å². The van der Waals surface area contributed by atoms with Gasteiger partial charge in [-0.25, -0.2) is 0 Å². The number of aryl methyl sites for hydroxylation is 1. The van der Waals surface area contributed by atoms with Gasteiger partial charge in [-0.2, -0.15) is 0 Å². The summed E-state index contributed by atoms with van der Waals surface area (Å²) < 4.78 is 0. The van der Waals surface area contributed by atoms with Crippen molar-refractivity contribution >= 4 is 29.1 Å². The zero-order chi connectivity index (χ0) is 20.6. The van der Waals surface area contributed by atoms with Crippen molar-refractivity contribution < 1.29 is 19.3 Å². The van der Waals surface area contributed by atoms with E-state index in [1.54, 1.807) is 51.1 Å². The Balaban J connectivity index is 1.91. The number of anilines is 1. The van der Waals surface area contributed by atoms with Crippen molar-refractivity contribution in [3.8, 4) is 0 Å². The summed E-state index contributed by atoms with van der Waals surface area (Å²) in [7, 11) is 0. The highest BCUT2D eigenvalue weighted by atomic mass is 16.6. The highest BCUT2D eigenvalue weighted by Gasteiger charge is 2.43. The van der Waals surface area contributed by atoms with Crippen LogP contribution in [-0.2, 0) is 4.79 Å². The molecule has 8 heteroatoms. The molecule has 1 unspecified atom stereocenters. The molecule has 1 atom stereocenters. The molecule has 0 saturated carbocycles. The van der Waals surface area contributed by atoms with E-state index in [1.807, 2.05) is 0 Å². The maximum absolute atomic E-state index is 12.9. The first kappa shape index (κ1) is 19.2. The van der Waals surface area contributed by atoms with Crippen molar-refractivity contribution in [2.45, 2.75) is 26.8 Å². The average molecular weight is 381 g/mol. The van der Waals surface area contributed by atoms with Gasteiger partial charge in [0.15, 0.2) is 0 Å². The smallest absolute Gasteiger partial charge is 0.274 e. The molecule has 1 aliphatic rings. The summed E-state index contributed by atoms with van der Waals surface area (Å²) in [5.41, 5.74) is 1.08. The second-order valence-corrected chi connectivity index (χ2v) is 6.96. The number of nitrogens with zero attached hydrogens (tertiary/aromatic N) is 2. The normalized spacial score (nSPS) is 14.2. The summed E-state index contributed by atoms with van der Waals surface area (Å²) in [5, 5.41) is 13.7. The number of rotatable bonds is 5. The number of hydrogen-bond acceptors (Lipinski definition) is 5. The zero-order valence-corrected chi connectivity index (χ0v) is 15.6. The van der Waals surface area contributed by atoms with Crippen LogP contribution in [0.25, 0.3) is 0 Å². The number of benzene rings is 2. The third kappa shape index (κ3) is 3.24. The predicted molar refractivity (Wildman–Crippen MR) is 102 cm³/mol. The Morgan fingerprint density at radius 1 is 1.07 bits per heavy atom. The Bertz CT molecular complexity index is 964. The van der Waals surface area contributed by atoms with Gasteiger partial charge < -0.3 is 5.32 Å². The van der Waals surface area contributed by atoms with Gasteiger partial charge in [-0.15, -0.1) is 0 Å². The first-order chi connectivity index (χ1) is 13.2. The summed E-state index contributed by atoms with van der Waals surface area (Å²) in [6.45, 7) is 5.05. The molecule has 2 aromatic carbocycles. The van der Waals surface area contributed by atoms with Crippen LogP contribution in [0.4, 0.5) is 11.4 Å². The molecule has 0 fully saturated rings. The van der Waals surface area contributed by atoms with Crippen LogP contribution in [0.15, 0.2) is 42.5 Å². The van der Waals surface area contributed by atoms with E-state index < -0.39 is 28.7 Å². The monoisotopic (exact) mass is 381 g/mol. The molecule has 3 amide bonds. The number of nitrogens with one attached hydrogen (secondary N) is 1. The molecular weight excluding hydrogens is 362 g/mol. The summed E-state index contributed by atoms with van der Waals surface area (Å²) in [4.78, 5) is 49.9. The molecule has 3 rings (SSSR count). The van der Waals surface area contributed by atoms with E-state index in [9.17, 15) is 24.5 Å². The minimum Gasteiger partial charge on any atom is -0.324 e. The van der Waals surface area contributed by atoms with E-state index in [-0.39, 0.29) is 28.4 Å². The van der Waals surface area contributed by atoms with Crippen LogP contribution in [0.1, 0.15) is 40.1 Å². The van der Waals surface area contributed by atoms with Crippen LogP contribution < -0.4 is 5.32 Å². The van der Waals surface area contributed by atoms with Gasteiger partial charge >= 0.3 is 0 Å². The van der Waals surface area contributed by atoms with Gasteiger partial charge in [0.1, 0.15) is 6.04 Å². The number of carbonyl (C=O) groups is 3. The van der Waals surface area contributed by atoms with Gasteiger partial charge in [0.2, 0.25) is 5.91 Å². The van der Waals surface area contributed by atoms with Gasteiger partial charge in [0, 0.05) is 17.3 Å². The van der Waals surface area contributed by atoms with E-state index in [0.29, 0.717) is 5.56 Å². The molecule has 0 bridgehead atoms. The fourth-order valence-electron chi connectivity index (χ4n) is 3.28. The summed E-state index contributed by atoms with van der Waals surface area (Å²) >= 11 is 0. The molecule has 1 aliphatic heterocycles. The molecular formula is C20H19N3O5. The highest BCUT2D eigenvalue weighted by Crippen LogP contribution is 2.28. The minimum atomic E-state index is -1.05. The second kappa shape index (κ2) is 7.22. The lowest BCUT2D eigenvalue weighted by molar-refractivity contribution is -0.385. The average Bonchev–Trinajstić information content (AvgIpc) is 2.88. The lowest BCUT2D eigenvalue weighted by Gasteiger charge is -2.28. The zero-order valence-electron chi connectivity index (χ0n) is 15.6. The van der Waals surface area contributed by atoms with E-state index in [0.717, 1.165) is 4.90 Å². The number of imide groups is 1. The molecule has 28 heavy (non-hydrogen) atoms. The topological polar surface area (TPSA) is 110 Å². The van der Waals surface area contributed by atoms with Crippen LogP contribution in [0.3, 0.4) is 0 Å². The Kier molecular flexibility index (Phi) is 4.96. The molecule has 0 aliphatic carbocycles. The molecule has 2 aromatic rings. The Labute approximate surface area is 161 Å². The third-order valence-corrected chi connectivity index (χ3v) is 4.68. The fourth-order valence-corrected chi connectivity index (χ4v) is 3.28. The van der Waals surface area contributed by atoms with Gasteiger partial charge in [-0.05, 0) is 31.0 Å². The third-order valence-electron chi connectivity index (χ3n) is 4.68. The highest BCUT2D eigenvalue weighted by molar-refractivity contribution is 6.23. The van der Waals surface area contributed by atoms with Crippen molar-refractivity contribution in [3.05, 3.63) is 69.3 Å². The number of carbonyl (C=O) groups excluding carboxylic acids is 3. The van der Waals surface area contributed by atoms with Crippen molar-refractivity contribution in [1.29, 1.82) is 0 Å². The number of amides is 3. The lowest BCUT2D eigenvalue weighted by atomic mass is 10.0. The van der Waals surface area contributed by atoms with Crippen molar-refractivity contribution in [1.82, 2.24) is 4.90 Å². The van der Waals surface area contributed by atoms with Crippen LogP contribution in [0, 0.1) is 23.0 Å². The van der Waals surface area contributed by atoms with Crippen molar-refractivity contribution in [3.63, 3.8) is 0 Å². The number of nitro groups is 1. The van der Waals surface area contributed by atoms with E-state index >= 15 is 0 Å². The molecule has 1 heterocycles. The fraction of sp³-hybridized carbons (Fsp3) is 0.250. The molecule has 1 N–H and O–H groups in total. The molecule has 0 aromatic heterocycles. The lowest BCUT2D eigenvalue weighted by Crippen LogP contribution is -2.50. The molecule has 0 saturated heterocycles. The maximum Gasteiger partial charge on any atom is 0.274 e. The number of fused-ring (bicyclic) bond motifs is 1. The SMILES string of the molecule is Cc1ccc(NC(=O)C(C(C)C)N2C(=O)c3ccccc3C2=O)cc1[N+](=O)[O-]. The first-order valence-corrected chi connectivity index (χ1v) is 8.75. The number of nitro benzene ring substituents is 1. The van der Waals surface area contributed by atoms with Gasteiger partial charge in [0.05, 0.1) is 16.1 Å². The van der Waals surface area contributed by atoms with Gasteiger partial charge in [-0.1, -0.05) is 32.0 Å². The standard InChI is InChI=1S/C20H19N3O5/c1-11(2)17(22-19(25)14-6-4-5-7-15(14)20(22)26)18(24)21-13-9-8-12(3)16(10-13)23(27)28/h4-11,17H,1-3H3,(H,21,24). The Morgan fingerprint density at radius 3 is 2.14 bits per heavy atom. The minimum absolute atomic E-state index is 0.125. The Morgan fingerprint density at radius 2 is 1.64 bits per heavy atom. The quantitative estimate of drug-likeness (QED) is 0.486. The van der Waals surface area contributed by atoms with E-state index in [2.05, 4.69) is 5.32 Å². The maximum atomic E-state index is 12.9. The Hall–Kier alpha value is -3.55. The molecule has 0 radical (unpaired) electrons. The first-order valence-electron chi connectivity index (χ1n) is 8.75. The van der Waals surface area contributed by atoms with Crippen molar-refractivity contribution in [2.75, 3.05) is 5.32 Å². The van der Waals surface area contributed by atoms with Crippen LogP contribution in [0.2, 0.25) is 0 Å². The van der Waals surface area contributed by atoms with Crippen LogP contribution in [0.5, 0.6) is 0 Å². The summed E-state index contributed by atoms with van der Waals surface area (Å²) in [6.07, 6.45) is 0. The van der Waals surface area contributed by atoms with E-state index in [4.69, 9.17) is 0 Å². The summed E-state index contributed by atoms with van der Waals surface area (Å²) in [5.74, 6) is -1.99. The second-order valence-electron chi connectivity index (χ2n) is 6.96. The van der Waals surface area contributed by atoms with Gasteiger partial charge in [0.25, 0.3) is 17.5 Å². The largest absolute Gasteiger partial charge is 0.324 e. The molecule has 8 nitrogen and oxygen atoms in total. The van der Waals surface area contributed by atoms with Gasteiger partial charge in [-0.3, -0.25) is 29.4 Å². The van der Waals surface area contributed by atoms with Crippen LogP contribution >= 0.6 is 0 Å². The molecule has 144 valence electrons. The molecule has 0 spiro atoms. The van der Waals surface area contributed by atoms with Crippen molar-refractivity contribution in [2.24, 2.45) is 5.92 Å². The van der Waals surface area contributed by atoms with E-state index in [1.165, 1.54) is 12.1 Å². The number of hydrogen-bond donors (Lipinski definition) is 1.